The Morgan fingerprint density at radius 3 is 2.68 bits per heavy atom. The Morgan fingerprint density at radius 1 is 1.26 bits per heavy atom. The van der Waals surface area contributed by atoms with E-state index in [1.54, 1.807) is 0 Å². The van der Waals surface area contributed by atoms with E-state index in [2.05, 4.69) is 11.4 Å². The largest absolute Gasteiger partial charge is 0.348 e. The van der Waals surface area contributed by atoms with E-state index in [9.17, 15) is 18.0 Å². The summed E-state index contributed by atoms with van der Waals surface area (Å²) in [7, 11) is 0. The van der Waals surface area contributed by atoms with E-state index in [0.29, 0.717) is 18.9 Å². The van der Waals surface area contributed by atoms with Crippen LogP contribution in [0, 0.1) is 34.7 Å². The zero-order valence-corrected chi connectivity index (χ0v) is 9.92. The molecule has 1 aromatic rings. The van der Waals surface area contributed by atoms with Crippen LogP contribution in [-0.4, -0.2) is 11.9 Å². The number of nitrogens with one attached hydrogen (secondary N) is 1. The van der Waals surface area contributed by atoms with Crippen molar-refractivity contribution in [3.05, 3.63) is 35.1 Å². The molecule has 1 saturated carbocycles. The van der Waals surface area contributed by atoms with Crippen LogP contribution in [0.1, 0.15) is 29.6 Å². The van der Waals surface area contributed by atoms with Gasteiger partial charge in [-0.25, -0.2) is 13.2 Å². The first-order valence-electron chi connectivity index (χ1n) is 5.88. The molecule has 1 aromatic carbocycles. The van der Waals surface area contributed by atoms with Gasteiger partial charge in [-0.15, -0.1) is 0 Å². The second-order valence-electron chi connectivity index (χ2n) is 4.47. The van der Waals surface area contributed by atoms with Crippen molar-refractivity contribution in [2.75, 3.05) is 0 Å². The monoisotopic (exact) mass is 268 g/mol. The van der Waals surface area contributed by atoms with Crippen molar-refractivity contribution in [3.8, 4) is 6.07 Å². The maximum Gasteiger partial charge on any atom is 0.254 e. The molecule has 1 aliphatic carbocycles. The molecule has 0 spiro atoms. The minimum atomic E-state index is -1.67. The molecule has 1 aliphatic rings. The molecule has 0 bridgehead atoms. The molecule has 1 N–H and O–H groups in total. The van der Waals surface area contributed by atoms with Crippen molar-refractivity contribution in [2.45, 2.75) is 25.3 Å². The number of amides is 1. The quantitative estimate of drug-likeness (QED) is 0.838. The maximum absolute atomic E-state index is 13.4. The van der Waals surface area contributed by atoms with Gasteiger partial charge in [0, 0.05) is 6.04 Å². The van der Waals surface area contributed by atoms with Crippen LogP contribution in [0.3, 0.4) is 0 Å². The van der Waals surface area contributed by atoms with Gasteiger partial charge in [-0.1, -0.05) is 0 Å². The zero-order chi connectivity index (χ0) is 14.0. The Hall–Kier alpha value is -2.03. The maximum atomic E-state index is 13.4. The third kappa shape index (κ3) is 2.55. The highest BCUT2D eigenvalue weighted by Crippen LogP contribution is 2.25. The zero-order valence-electron chi connectivity index (χ0n) is 9.92. The molecule has 1 fully saturated rings. The van der Waals surface area contributed by atoms with Gasteiger partial charge >= 0.3 is 0 Å². The van der Waals surface area contributed by atoms with E-state index in [1.165, 1.54) is 0 Å². The van der Waals surface area contributed by atoms with Gasteiger partial charge < -0.3 is 5.32 Å². The molecule has 0 aromatic heterocycles. The van der Waals surface area contributed by atoms with Crippen LogP contribution in [0.15, 0.2) is 12.1 Å². The first kappa shape index (κ1) is 13.4. The van der Waals surface area contributed by atoms with Gasteiger partial charge in [-0.2, -0.15) is 5.26 Å². The molecule has 6 heteroatoms. The summed E-state index contributed by atoms with van der Waals surface area (Å²) >= 11 is 0. The summed E-state index contributed by atoms with van der Waals surface area (Å²) in [6.07, 6.45) is 2.08. The lowest BCUT2D eigenvalue weighted by Gasteiger charge is -2.15. The Balaban J connectivity index is 2.17. The lowest BCUT2D eigenvalue weighted by molar-refractivity contribution is 0.0927. The van der Waals surface area contributed by atoms with Crippen molar-refractivity contribution in [1.82, 2.24) is 5.32 Å². The average molecular weight is 268 g/mol. The Labute approximate surface area is 108 Å². The Kier molecular flexibility index (Phi) is 3.74. The highest BCUT2D eigenvalue weighted by Gasteiger charge is 2.29. The predicted octanol–water partition coefficient (Wildman–Crippen LogP) is 2.53. The molecule has 2 rings (SSSR count). The van der Waals surface area contributed by atoms with Gasteiger partial charge in [0.2, 0.25) is 0 Å². The lowest BCUT2D eigenvalue weighted by Crippen LogP contribution is -2.37. The third-order valence-electron chi connectivity index (χ3n) is 3.28. The summed E-state index contributed by atoms with van der Waals surface area (Å²) in [5.74, 6) is -5.68. The summed E-state index contributed by atoms with van der Waals surface area (Å²) < 4.78 is 39.2. The molecular formula is C13H11F3N2O. The van der Waals surface area contributed by atoms with Gasteiger partial charge in [0.15, 0.2) is 17.5 Å². The minimum absolute atomic E-state index is 0.322. The van der Waals surface area contributed by atoms with Crippen LogP contribution in [0.4, 0.5) is 13.2 Å². The van der Waals surface area contributed by atoms with Gasteiger partial charge in [0.1, 0.15) is 0 Å². The van der Waals surface area contributed by atoms with Crippen molar-refractivity contribution < 1.29 is 18.0 Å². The van der Waals surface area contributed by atoms with Crippen LogP contribution in [0.2, 0.25) is 0 Å². The Bertz CT molecular complexity index is 554. The number of rotatable bonds is 2. The summed E-state index contributed by atoms with van der Waals surface area (Å²) in [5, 5.41) is 11.4. The fraction of sp³-hybridized carbons (Fsp3) is 0.385. The summed E-state index contributed by atoms with van der Waals surface area (Å²) in [6.45, 7) is 0. The lowest BCUT2D eigenvalue weighted by atomic mass is 10.1. The highest BCUT2D eigenvalue weighted by molar-refractivity contribution is 5.94. The first-order chi connectivity index (χ1) is 9.04. The van der Waals surface area contributed by atoms with E-state index in [0.717, 1.165) is 12.5 Å². The topological polar surface area (TPSA) is 52.9 Å². The smallest absolute Gasteiger partial charge is 0.254 e. The minimum Gasteiger partial charge on any atom is -0.348 e. The molecule has 0 radical (unpaired) electrons. The van der Waals surface area contributed by atoms with Crippen molar-refractivity contribution >= 4 is 5.91 Å². The fourth-order valence-electron chi connectivity index (χ4n) is 2.23. The second kappa shape index (κ2) is 5.31. The summed E-state index contributed by atoms with van der Waals surface area (Å²) in [4.78, 5) is 11.8. The summed E-state index contributed by atoms with van der Waals surface area (Å²) in [5.41, 5.74) is -0.553. The van der Waals surface area contributed by atoms with E-state index >= 15 is 0 Å². The third-order valence-corrected chi connectivity index (χ3v) is 3.28. The number of hydrogen-bond acceptors (Lipinski definition) is 2. The van der Waals surface area contributed by atoms with Gasteiger partial charge in [0.05, 0.1) is 17.6 Å². The van der Waals surface area contributed by atoms with E-state index in [4.69, 9.17) is 5.26 Å². The molecule has 2 unspecified atom stereocenters. The van der Waals surface area contributed by atoms with Crippen LogP contribution in [-0.2, 0) is 0 Å². The normalized spacial score (nSPS) is 22.0. The molecule has 100 valence electrons. The number of carbonyl (C=O) groups excluding carboxylic acids is 1. The average Bonchev–Trinajstić information content (AvgIpc) is 2.83. The van der Waals surface area contributed by atoms with Crippen LogP contribution in [0.25, 0.3) is 0 Å². The molecule has 0 saturated heterocycles. The highest BCUT2D eigenvalue weighted by atomic mass is 19.2. The van der Waals surface area contributed by atoms with Crippen LogP contribution >= 0.6 is 0 Å². The van der Waals surface area contributed by atoms with Gasteiger partial charge in [-0.05, 0) is 31.4 Å². The molecule has 3 nitrogen and oxygen atoms in total. The van der Waals surface area contributed by atoms with Crippen LogP contribution < -0.4 is 5.32 Å². The van der Waals surface area contributed by atoms with Gasteiger partial charge in [-0.3, -0.25) is 4.79 Å². The molecule has 19 heavy (non-hydrogen) atoms. The molecule has 2 atom stereocenters. The number of carbonyl (C=O) groups is 1. The SMILES string of the molecule is N#CC1CCCC1NC(=O)c1ccc(F)c(F)c1F. The van der Waals surface area contributed by atoms with E-state index in [1.807, 2.05) is 0 Å². The number of hydrogen-bond donors (Lipinski definition) is 1. The predicted molar refractivity (Wildman–Crippen MR) is 60.5 cm³/mol. The van der Waals surface area contributed by atoms with Crippen molar-refractivity contribution in [1.29, 1.82) is 5.26 Å². The number of benzene rings is 1. The second-order valence-corrected chi connectivity index (χ2v) is 4.47. The standard InChI is InChI=1S/C13H11F3N2O/c14-9-5-4-8(11(15)12(9)16)13(19)18-10-3-1-2-7(10)6-17/h4-5,7,10H,1-3H2,(H,18,19). The van der Waals surface area contributed by atoms with Gasteiger partial charge in [0.25, 0.3) is 5.91 Å². The molecular weight excluding hydrogens is 257 g/mol. The molecule has 0 aliphatic heterocycles. The first-order valence-corrected chi connectivity index (χ1v) is 5.88. The van der Waals surface area contributed by atoms with Crippen molar-refractivity contribution in [3.63, 3.8) is 0 Å². The fourth-order valence-corrected chi connectivity index (χ4v) is 2.23. The summed E-state index contributed by atoms with van der Waals surface area (Å²) in [6, 6.07) is 3.28. The van der Waals surface area contributed by atoms with E-state index < -0.39 is 28.9 Å². The van der Waals surface area contributed by atoms with E-state index in [-0.39, 0.29) is 12.0 Å². The Morgan fingerprint density at radius 2 is 2.00 bits per heavy atom. The number of nitriles is 1. The number of nitrogens with zero attached hydrogens (tertiary/aromatic N) is 1. The van der Waals surface area contributed by atoms with Crippen molar-refractivity contribution in [2.24, 2.45) is 5.92 Å². The van der Waals surface area contributed by atoms with Crippen LogP contribution in [0.5, 0.6) is 0 Å². The molecule has 0 heterocycles. The molecule has 1 amide bonds. The number of halogens is 3.